The van der Waals surface area contributed by atoms with E-state index >= 15 is 0 Å². The molecule has 0 aromatic heterocycles. The lowest BCUT2D eigenvalue weighted by Crippen LogP contribution is -2.11. The number of thioether (sulfide) groups is 1. The number of carbonyl (C=O) groups is 1. The van der Waals surface area contributed by atoms with Crippen molar-refractivity contribution in [1.29, 1.82) is 0 Å². The van der Waals surface area contributed by atoms with Gasteiger partial charge in [0.2, 0.25) is 6.79 Å². The summed E-state index contributed by atoms with van der Waals surface area (Å²) in [7, 11) is 0. The van der Waals surface area contributed by atoms with Gasteiger partial charge in [0.05, 0.1) is 0 Å². The Morgan fingerprint density at radius 3 is 2.55 bits per heavy atom. The summed E-state index contributed by atoms with van der Waals surface area (Å²) >= 11 is 0.441. The zero-order valence-electron chi connectivity index (χ0n) is 11.2. The summed E-state index contributed by atoms with van der Waals surface area (Å²) in [5, 5.41) is 2.72. The maximum absolute atomic E-state index is 12.2. The standard InChI is InChI=1S/C15H11F2NO3S/c16-15(17)22-11-4-1-9(2-5-11)14(19)18-10-3-6-12-13(7-10)21-8-20-12/h1-7,15H,8H2,(H,18,19). The van der Waals surface area contributed by atoms with Crippen LogP contribution in [-0.4, -0.2) is 18.5 Å². The highest BCUT2D eigenvalue weighted by Crippen LogP contribution is 2.34. The fraction of sp³-hybridized carbons (Fsp3) is 0.133. The van der Waals surface area contributed by atoms with E-state index in [1.54, 1.807) is 18.2 Å². The Morgan fingerprint density at radius 2 is 1.82 bits per heavy atom. The predicted molar refractivity (Wildman–Crippen MR) is 78.8 cm³/mol. The molecule has 0 aliphatic carbocycles. The van der Waals surface area contributed by atoms with Crippen LogP contribution in [0.1, 0.15) is 10.4 Å². The maximum atomic E-state index is 12.2. The number of carbonyl (C=O) groups excluding carboxylic acids is 1. The van der Waals surface area contributed by atoms with Gasteiger partial charge < -0.3 is 14.8 Å². The monoisotopic (exact) mass is 323 g/mol. The quantitative estimate of drug-likeness (QED) is 0.865. The third-order valence-corrected chi connectivity index (χ3v) is 3.69. The maximum Gasteiger partial charge on any atom is 0.288 e. The van der Waals surface area contributed by atoms with Crippen molar-refractivity contribution in [2.45, 2.75) is 10.7 Å². The molecule has 0 saturated carbocycles. The summed E-state index contributed by atoms with van der Waals surface area (Å²) in [6.45, 7) is 0.163. The van der Waals surface area contributed by atoms with Crippen LogP contribution in [0.25, 0.3) is 0 Å². The number of fused-ring (bicyclic) bond motifs is 1. The molecule has 22 heavy (non-hydrogen) atoms. The van der Waals surface area contributed by atoms with Gasteiger partial charge in [0.1, 0.15) is 0 Å². The van der Waals surface area contributed by atoms with Crippen molar-refractivity contribution in [2.75, 3.05) is 12.1 Å². The normalized spacial score (nSPS) is 12.5. The van der Waals surface area contributed by atoms with E-state index in [1.165, 1.54) is 24.3 Å². The highest BCUT2D eigenvalue weighted by atomic mass is 32.2. The lowest BCUT2D eigenvalue weighted by molar-refractivity contribution is 0.102. The van der Waals surface area contributed by atoms with E-state index in [1.807, 2.05) is 0 Å². The molecule has 4 nitrogen and oxygen atoms in total. The summed E-state index contributed by atoms with van der Waals surface area (Å²) in [5.74, 6) is -1.60. The van der Waals surface area contributed by atoms with Crippen molar-refractivity contribution >= 4 is 23.4 Å². The average Bonchev–Trinajstić information content (AvgIpc) is 2.95. The predicted octanol–water partition coefficient (Wildman–Crippen LogP) is 3.98. The first-order valence-corrected chi connectivity index (χ1v) is 7.26. The Kier molecular flexibility index (Phi) is 4.15. The van der Waals surface area contributed by atoms with Gasteiger partial charge in [-0.15, -0.1) is 0 Å². The van der Waals surface area contributed by atoms with E-state index in [2.05, 4.69) is 5.32 Å². The molecule has 0 fully saturated rings. The molecule has 0 spiro atoms. The summed E-state index contributed by atoms with van der Waals surface area (Å²) < 4.78 is 34.9. The second-order valence-corrected chi connectivity index (χ2v) is 5.49. The Bertz CT molecular complexity index is 692. The molecule has 114 valence electrons. The van der Waals surface area contributed by atoms with E-state index in [0.29, 0.717) is 39.4 Å². The van der Waals surface area contributed by atoms with Crippen molar-refractivity contribution < 1.29 is 23.0 Å². The molecule has 0 saturated heterocycles. The zero-order valence-corrected chi connectivity index (χ0v) is 12.0. The van der Waals surface area contributed by atoms with Crippen LogP contribution in [0.5, 0.6) is 11.5 Å². The lowest BCUT2D eigenvalue weighted by atomic mass is 10.2. The molecule has 1 amide bonds. The number of rotatable bonds is 4. The Labute approximate surface area is 129 Å². The number of nitrogens with one attached hydrogen (secondary N) is 1. The molecule has 1 N–H and O–H groups in total. The van der Waals surface area contributed by atoms with Gasteiger partial charge in [-0.1, -0.05) is 11.8 Å². The Hall–Kier alpha value is -2.28. The molecule has 0 radical (unpaired) electrons. The Morgan fingerprint density at radius 1 is 1.09 bits per heavy atom. The largest absolute Gasteiger partial charge is 0.454 e. The first-order chi connectivity index (χ1) is 10.6. The SMILES string of the molecule is O=C(Nc1ccc2c(c1)OCO2)c1ccc(SC(F)F)cc1. The minimum atomic E-state index is -2.48. The van der Waals surface area contributed by atoms with Crippen LogP contribution in [0.4, 0.5) is 14.5 Å². The summed E-state index contributed by atoms with van der Waals surface area (Å²) in [6, 6.07) is 11.1. The molecule has 2 aromatic rings. The summed E-state index contributed by atoms with van der Waals surface area (Å²) in [6.07, 6.45) is 0. The number of anilines is 1. The van der Waals surface area contributed by atoms with Crippen molar-refractivity contribution in [3.05, 3.63) is 48.0 Å². The summed E-state index contributed by atoms with van der Waals surface area (Å²) in [4.78, 5) is 12.5. The topological polar surface area (TPSA) is 47.6 Å². The highest BCUT2D eigenvalue weighted by Gasteiger charge is 2.15. The lowest BCUT2D eigenvalue weighted by Gasteiger charge is -2.07. The van der Waals surface area contributed by atoms with Crippen molar-refractivity contribution in [3.63, 3.8) is 0 Å². The van der Waals surface area contributed by atoms with Gasteiger partial charge in [0.15, 0.2) is 11.5 Å². The van der Waals surface area contributed by atoms with E-state index in [0.717, 1.165) is 0 Å². The molecule has 7 heteroatoms. The van der Waals surface area contributed by atoms with Crippen LogP contribution >= 0.6 is 11.8 Å². The summed E-state index contributed by atoms with van der Waals surface area (Å²) in [5.41, 5.74) is 0.955. The molecule has 0 bridgehead atoms. The number of alkyl halides is 2. The van der Waals surface area contributed by atoms with E-state index in [4.69, 9.17) is 9.47 Å². The van der Waals surface area contributed by atoms with E-state index in [-0.39, 0.29) is 12.7 Å². The van der Waals surface area contributed by atoms with Crippen LogP contribution in [0.3, 0.4) is 0 Å². The number of halogens is 2. The average molecular weight is 323 g/mol. The van der Waals surface area contributed by atoms with Gasteiger partial charge in [-0.25, -0.2) is 0 Å². The first-order valence-electron chi connectivity index (χ1n) is 6.38. The molecule has 0 atom stereocenters. The molecule has 1 aliphatic rings. The fourth-order valence-corrected chi connectivity index (χ4v) is 2.46. The number of hydrogen-bond acceptors (Lipinski definition) is 4. The van der Waals surface area contributed by atoms with Crippen LogP contribution in [0.15, 0.2) is 47.4 Å². The number of amides is 1. The Balaban J connectivity index is 1.69. The van der Waals surface area contributed by atoms with Crippen LogP contribution in [-0.2, 0) is 0 Å². The van der Waals surface area contributed by atoms with Crippen molar-refractivity contribution in [1.82, 2.24) is 0 Å². The van der Waals surface area contributed by atoms with Crippen LogP contribution < -0.4 is 14.8 Å². The second kappa shape index (κ2) is 6.23. The molecular weight excluding hydrogens is 312 g/mol. The number of ether oxygens (including phenoxy) is 2. The molecule has 3 rings (SSSR count). The van der Waals surface area contributed by atoms with Crippen molar-refractivity contribution in [3.8, 4) is 11.5 Å². The fourth-order valence-electron chi connectivity index (χ4n) is 1.97. The molecule has 1 heterocycles. The van der Waals surface area contributed by atoms with Gasteiger partial charge in [0, 0.05) is 22.2 Å². The van der Waals surface area contributed by atoms with Crippen LogP contribution in [0, 0.1) is 0 Å². The molecule has 2 aromatic carbocycles. The number of hydrogen-bond donors (Lipinski definition) is 1. The van der Waals surface area contributed by atoms with Gasteiger partial charge in [-0.3, -0.25) is 4.79 Å². The van der Waals surface area contributed by atoms with E-state index < -0.39 is 5.76 Å². The number of benzene rings is 2. The first kappa shape index (κ1) is 14.6. The highest BCUT2D eigenvalue weighted by molar-refractivity contribution is 7.99. The molecular formula is C15H11F2NO3S. The van der Waals surface area contributed by atoms with Gasteiger partial charge >= 0.3 is 0 Å². The van der Waals surface area contributed by atoms with E-state index in [9.17, 15) is 13.6 Å². The molecule has 0 unspecified atom stereocenters. The third-order valence-electron chi connectivity index (χ3n) is 2.97. The van der Waals surface area contributed by atoms with Gasteiger partial charge in [0.25, 0.3) is 11.7 Å². The second-order valence-electron chi connectivity index (χ2n) is 4.43. The minimum absolute atomic E-state index is 0.163. The van der Waals surface area contributed by atoms with Crippen LogP contribution in [0.2, 0.25) is 0 Å². The van der Waals surface area contributed by atoms with Gasteiger partial charge in [-0.2, -0.15) is 8.78 Å². The zero-order chi connectivity index (χ0) is 15.5. The smallest absolute Gasteiger partial charge is 0.288 e. The third kappa shape index (κ3) is 3.30. The minimum Gasteiger partial charge on any atom is -0.454 e. The van der Waals surface area contributed by atoms with Crippen molar-refractivity contribution in [2.24, 2.45) is 0 Å². The van der Waals surface area contributed by atoms with Gasteiger partial charge in [-0.05, 0) is 36.4 Å². The molecule has 1 aliphatic heterocycles.